The van der Waals surface area contributed by atoms with Gasteiger partial charge in [-0.1, -0.05) is 0 Å². The second-order valence-corrected chi connectivity index (χ2v) is 4.63. The van der Waals surface area contributed by atoms with Crippen LogP contribution in [-0.2, 0) is 20.7 Å². The van der Waals surface area contributed by atoms with Crippen molar-refractivity contribution in [1.29, 1.82) is 0 Å². The third kappa shape index (κ3) is 2.76. The zero-order valence-electron chi connectivity index (χ0n) is 11.4. The average Bonchev–Trinajstić information content (AvgIpc) is 2.80. The van der Waals surface area contributed by atoms with Crippen molar-refractivity contribution in [1.82, 2.24) is 0 Å². The quantitative estimate of drug-likeness (QED) is 0.899. The fourth-order valence-electron chi connectivity index (χ4n) is 2.16. The summed E-state index contributed by atoms with van der Waals surface area (Å²) in [6.45, 7) is 3.96. The van der Waals surface area contributed by atoms with E-state index >= 15 is 0 Å². The standard InChI is InChI=1S/C14H18N2O3/c1-9(19-3)14(18)15-12-4-5-13-11(8-12)6-7-16(13)10(2)17/h4-5,8-9H,6-7H2,1-3H3,(H,15,18). The smallest absolute Gasteiger partial charge is 0.253 e. The summed E-state index contributed by atoms with van der Waals surface area (Å²) in [7, 11) is 1.50. The lowest BCUT2D eigenvalue weighted by atomic mass is 10.1. The molecule has 102 valence electrons. The molecule has 2 amide bonds. The molecular weight excluding hydrogens is 244 g/mol. The lowest BCUT2D eigenvalue weighted by Gasteiger charge is -2.15. The van der Waals surface area contributed by atoms with Gasteiger partial charge in [0.25, 0.3) is 5.91 Å². The van der Waals surface area contributed by atoms with Gasteiger partial charge in [0.1, 0.15) is 6.10 Å². The van der Waals surface area contributed by atoms with E-state index in [1.165, 1.54) is 7.11 Å². The van der Waals surface area contributed by atoms with Crippen LogP contribution in [0.3, 0.4) is 0 Å². The molecule has 1 aliphatic heterocycles. The molecule has 1 atom stereocenters. The Balaban J connectivity index is 2.15. The van der Waals surface area contributed by atoms with Crippen molar-refractivity contribution in [2.75, 3.05) is 23.9 Å². The van der Waals surface area contributed by atoms with E-state index < -0.39 is 6.10 Å². The van der Waals surface area contributed by atoms with Gasteiger partial charge < -0.3 is 15.0 Å². The molecule has 0 saturated carbocycles. The highest BCUT2D eigenvalue weighted by Gasteiger charge is 2.22. The minimum Gasteiger partial charge on any atom is -0.372 e. The maximum absolute atomic E-state index is 11.7. The molecule has 1 N–H and O–H groups in total. The van der Waals surface area contributed by atoms with E-state index in [0.29, 0.717) is 6.54 Å². The third-order valence-corrected chi connectivity index (χ3v) is 3.35. The van der Waals surface area contributed by atoms with Gasteiger partial charge in [0.15, 0.2) is 0 Å². The molecular formula is C14H18N2O3. The van der Waals surface area contributed by atoms with Gasteiger partial charge in [-0.25, -0.2) is 0 Å². The second-order valence-electron chi connectivity index (χ2n) is 4.63. The van der Waals surface area contributed by atoms with Crippen LogP contribution in [0.4, 0.5) is 11.4 Å². The Morgan fingerprint density at radius 3 is 2.79 bits per heavy atom. The number of methoxy groups -OCH3 is 1. The summed E-state index contributed by atoms with van der Waals surface area (Å²) >= 11 is 0. The number of carbonyl (C=O) groups excluding carboxylic acids is 2. The molecule has 0 aliphatic carbocycles. The lowest BCUT2D eigenvalue weighted by Crippen LogP contribution is -2.26. The highest BCUT2D eigenvalue weighted by atomic mass is 16.5. The van der Waals surface area contributed by atoms with Crippen molar-refractivity contribution in [3.63, 3.8) is 0 Å². The molecule has 0 bridgehead atoms. The fraction of sp³-hybridized carbons (Fsp3) is 0.429. The van der Waals surface area contributed by atoms with Gasteiger partial charge in [0.2, 0.25) is 5.91 Å². The number of hydrogen-bond acceptors (Lipinski definition) is 3. The summed E-state index contributed by atoms with van der Waals surface area (Å²) in [6.07, 6.45) is 0.334. The normalized spacial score (nSPS) is 15.0. The summed E-state index contributed by atoms with van der Waals surface area (Å²) in [6, 6.07) is 5.59. The highest BCUT2D eigenvalue weighted by Crippen LogP contribution is 2.30. The Morgan fingerprint density at radius 1 is 1.42 bits per heavy atom. The van der Waals surface area contributed by atoms with Crippen molar-refractivity contribution < 1.29 is 14.3 Å². The topological polar surface area (TPSA) is 58.6 Å². The Labute approximate surface area is 112 Å². The zero-order chi connectivity index (χ0) is 14.0. The van der Waals surface area contributed by atoms with Gasteiger partial charge >= 0.3 is 0 Å². The Hall–Kier alpha value is -1.88. The average molecular weight is 262 g/mol. The molecule has 0 spiro atoms. The number of anilines is 2. The van der Waals surface area contributed by atoms with Crippen molar-refractivity contribution in [3.8, 4) is 0 Å². The van der Waals surface area contributed by atoms with Crippen LogP contribution in [0, 0.1) is 0 Å². The number of nitrogens with one attached hydrogen (secondary N) is 1. The predicted octanol–water partition coefficient (Wildman–Crippen LogP) is 1.57. The summed E-state index contributed by atoms with van der Waals surface area (Å²) in [5, 5.41) is 2.80. The van der Waals surface area contributed by atoms with E-state index in [-0.39, 0.29) is 11.8 Å². The number of fused-ring (bicyclic) bond motifs is 1. The van der Waals surface area contributed by atoms with E-state index in [9.17, 15) is 9.59 Å². The Bertz CT molecular complexity index is 513. The van der Waals surface area contributed by atoms with Crippen molar-refractivity contribution in [2.45, 2.75) is 26.4 Å². The summed E-state index contributed by atoms with van der Waals surface area (Å²) in [5.41, 5.74) is 2.75. The molecule has 5 heteroatoms. The molecule has 1 aromatic rings. The number of benzene rings is 1. The van der Waals surface area contributed by atoms with Crippen LogP contribution in [-0.4, -0.2) is 31.6 Å². The molecule has 0 aromatic heterocycles. The molecule has 0 saturated heterocycles. The highest BCUT2D eigenvalue weighted by molar-refractivity contribution is 5.96. The molecule has 1 aromatic carbocycles. The van der Waals surface area contributed by atoms with E-state index in [1.807, 2.05) is 12.1 Å². The molecule has 5 nitrogen and oxygen atoms in total. The molecule has 19 heavy (non-hydrogen) atoms. The van der Waals surface area contributed by atoms with E-state index in [0.717, 1.165) is 23.4 Å². The van der Waals surface area contributed by atoms with E-state index in [1.54, 1.807) is 24.8 Å². The van der Waals surface area contributed by atoms with Crippen molar-refractivity contribution in [3.05, 3.63) is 23.8 Å². The second kappa shape index (κ2) is 5.40. The van der Waals surface area contributed by atoms with E-state index in [4.69, 9.17) is 4.74 Å². The first kappa shape index (κ1) is 13.5. The van der Waals surface area contributed by atoms with Crippen LogP contribution in [0.2, 0.25) is 0 Å². The molecule has 2 rings (SSSR count). The molecule has 1 heterocycles. The van der Waals surface area contributed by atoms with Crippen molar-refractivity contribution in [2.24, 2.45) is 0 Å². The van der Waals surface area contributed by atoms with Gasteiger partial charge in [-0.05, 0) is 37.1 Å². The maximum atomic E-state index is 11.7. The van der Waals surface area contributed by atoms with Gasteiger partial charge in [0, 0.05) is 32.0 Å². The first-order valence-electron chi connectivity index (χ1n) is 6.27. The molecule has 1 aliphatic rings. The number of carbonyl (C=O) groups is 2. The zero-order valence-corrected chi connectivity index (χ0v) is 11.4. The summed E-state index contributed by atoms with van der Waals surface area (Å²) < 4.78 is 4.96. The Morgan fingerprint density at radius 2 is 2.16 bits per heavy atom. The van der Waals surface area contributed by atoms with E-state index in [2.05, 4.69) is 5.32 Å². The minimum atomic E-state index is -0.484. The van der Waals surface area contributed by atoms with Gasteiger partial charge in [-0.15, -0.1) is 0 Å². The van der Waals surface area contributed by atoms with Crippen LogP contribution in [0.5, 0.6) is 0 Å². The molecule has 1 unspecified atom stereocenters. The fourth-order valence-corrected chi connectivity index (χ4v) is 2.16. The van der Waals surface area contributed by atoms with Gasteiger partial charge in [-0.2, -0.15) is 0 Å². The van der Waals surface area contributed by atoms with Gasteiger partial charge in [-0.3, -0.25) is 9.59 Å². The number of ether oxygens (including phenoxy) is 1. The third-order valence-electron chi connectivity index (χ3n) is 3.35. The number of nitrogens with zero attached hydrogens (tertiary/aromatic N) is 1. The SMILES string of the molecule is COC(C)C(=O)Nc1ccc2c(c1)CCN2C(C)=O. The van der Waals surface area contributed by atoms with Crippen LogP contribution in [0.25, 0.3) is 0 Å². The first-order chi connectivity index (χ1) is 9.02. The first-order valence-corrected chi connectivity index (χ1v) is 6.27. The summed E-state index contributed by atoms with van der Waals surface area (Å²) in [5.74, 6) is -0.132. The number of hydrogen-bond donors (Lipinski definition) is 1. The lowest BCUT2D eigenvalue weighted by molar-refractivity contribution is -0.124. The minimum absolute atomic E-state index is 0.0449. The summed E-state index contributed by atoms with van der Waals surface area (Å²) in [4.78, 5) is 24.9. The Kier molecular flexibility index (Phi) is 3.85. The maximum Gasteiger partial charge on any atom is 0.253 e. The van der Waals surface area contributed by atoms with Gasteiger partial charge in [0.05, 0.1) is 0 Å². The molecule has 0 radical (unpaired) electrons. The monoisotopic (exact) mass is 262 g/mol. The molecule has 0 fully saturated rings. The van der Waals surface area contributed by atoms with Crippen molar-refractivity contribution >= 4 is 23.2 Å². The van der Waals surface area contributed by atoms with Crippen LogP contribution < -0.4 is 10.2 Å². The van der Waals surface area contributed by atoms with Crippen LogP contribution in [0.1, 0.15) is 19.4 Å². The van der Waals surface area contributed by atoms with Crippen LogP contribution >= 0.6 is 0 Å². The predicted molar refractivity (Wildman–Crippen MR) is 73.3 cm³/mol. The van der Waals surface area contributed by atoms with Crippen LogP contribution in [0.15, 0.2) is 18.2 Å². The number of amides is 2. The number of rotatable bonds is 3. The largest absolute Gasteiger partial charge is 0.372 e.